The van der Waals surface area contributed by atoms with Crippen LogP contribution >= 0.6 is 11.3 Å². The van der Waals surface area contributed by atoms with Crippen molar-refractivity contribution in [1.29, 1.82) is 0 Å². The van der Waals surface area contributed by atoms with Crippen LogP contribution in [-0.4, -0.2) is 21.2 Å². The Morgan fingerprint density at radius 2 is 2.31 bits per heavy atom. The van der Waals surface area contributed by atoms with Gasteiger partial charge in [0.05, 0.1) is 12.3 Å². The summed E-state index contributed by atoms with van der Waals surface area (Å²) in [7, 11) is 0. The molecule has 0 amide bonds. The highest BCUT2D eigenvalue weighted by Gasteiger charge is 2.31. The van der Waals surface area contributed by atoms with Crippen molar-refractivity contribution < 1.29 is 15.0 Å². The molecule has 2 rings (SSSR count). The second-order valence-corrected chi connectivity index (χ2v) is 4.14. The predicted octanol–water partition coefficient (Wildman–Crippen LogP) is 1.21. The first kappa shape index (κ1) is 8.65. The fraction of sp³-hybridized carbons (Fsp3) is 0.500. The van der Waals surface area contributed by atoms with Crippen LogP contribution in [0.1, 0.15) is 39.1 Å². The van der Waals surface area contributed by atoms with Crippen LogP contribution in [0.15, 0.2) is 0 Å². The molecule has 0 aromatic carbocycles. The van der Waals surface area contributed by atoms with Gasteiger partial charge < -0.3 is 10.2 Å². The van der Waals surface area contributed by atoms with Gasteiger partial charge in [-0.1, -0.05) is 0 Å². The van der Waals surface area contributed by atoms with E-state index in [1.807, 2.05) is 0 Å². The quantitative estimate of drug-likeness (QED) is 0.767. The van der Waals surface area contributed by atoms with Gasteiger partial charge in [0.2, 0.25) is 0 Å². The van der Waals surface area contributed by atoms with Crippen molar-refractivity contribution >= 4 is 17.3 Å². The Morgan fingerprint density at radius 3 is 2.77 bits per heavy atom. The molecule has 4 nitrogen and oxygen atoms in total. The standard InChI is InChI=1S/C8H9NO3S/c10-3-5-9-6(4-1-2-4)7(13-5)8(11)12/h4,10H,1-3H2,(H,11,12). The molecule has 0 spiro atoms. The van der Waals surface area contributed by atoms with Crippen LogP contribution < -0.4 is 0 Å². The molecule has 1 aromatic rings. The molecule has 13 heavy (non-hydrogen) atoms. The molecule has 0 aliphatic heterocycles. The molecule has 5 heteroatoms. The van der Waals surface area contributed by atoms with Crippen LogP contribution in [0.25, 0.3) is 0 Å². The van der Waals surface area contributed by atoms with E-state index < -0.39 is 5.97 Å². The summed E-state index contributed by atoms with van der Waals surface area (Å²) in [6, 6.07) is 0. The molecule has 0 saturated heterocycles. The number of thiazole rings is 1. The largest absolute Gasteiger partial charge is 0.477 e. The molecule has 0 radical (unpaired) electrons. The summed E-state index contributed by atoms with van der Waals surface area (Å²) in [5.41, 5.74) is 0.668. The molecule has 0 unspecified atom stereocenters. The van der Waals surface area contributed by atoms with Gasteiger partial charge >= 0.3 is 5.97 Å². The third-order valence-electron chi connectivity index (χ3n) is 1.99. The summed E-state index contributed by atoms with van der Waals surface area (Å²) in [4.78, 5) is 15.2. The molecule has 0 atom stereocenters. The van der Waals surface area contributed by atoms with Crippen LogP contribution in [0, 0.1) is 0 Å². The maximum atomic E-state index is 10.8. The van der Waals surface area contributed by atoms with Crippen LogP contribution in [0.3, 0.4) is 0 Å². The zero-order valence-electron chi connectivity index (χ0n) is 6.86. The van der Waals surface area contributed by atoms with E-state index in [4.69, 9.17) is 10.2 Å². The number of aromatic nitrogens is 1. The van der Waals surface area contributed by atoms with Crippen molar-refractivity contribution in [1.82, 2.24) is 4.98 Å². The molecular formula is C8H9NO3S. The molecular weight excluding hydrogens is 190 g/mol. The first-order valence-electron chi connectivity index (χ1n) is 4.06. The summed E-state index contributed by atoms with van der Waals surface area (Å²) in [5.74, 6) is -0.609. The number of aliphatic hydroxyl groups excluding tert-OH is 1. The van der Waals surface area contributed by atoms with Crippen molar-refractivity contribution in [2.75, 3.05) is 0 Å². The van der Waals surface area contributed by atoms with Gasteiger partial charge in [0.25, 0.3) is 0 Å². The molecule has 0 bridgehead atoms. The number of hydrogen-bond acceptors (Lipinski definition) is 4. The van der Waals surface area contributed by atoms with Crippen molar-refractivity contribution in [3.8, 4) is 0 Å². The fourth-order valence-corrected chi connectivity index (χ4v) is 2.08. The maximum absolute atomic E-state index is 10.8. The highest BCUT2D eigenvalue weighted by atomic mass is 32.1. The van der Waals surface area contributed by atoms with E-state index in [-0.39, 0.29) is 6.61 Å². The van der Waals surface area contributed by atoms with E-state index >= 15 is 0 Å². The molecule has 1 aliphatic rings. The zero-order chi connectivity index (χ0) is 9.42. The van der Waals surface area contributed by atoms with Gasteiger partial charge in [-0.15, -0.1) is 11.3 Å². The van der Waals surface area contributed by atoms with Gasteiger partial charge in [0, 0.05) is 5.92 Å². The van der Waals surface area contributed by atoms with E-state index in [9.17, 15) is 4.79 Å². The molecule has 1 fully saturated rings. The fourth-order valence-electron chi connectivity index (χ4n) is 1.23. The monoisotopic (exact) mass is 199 g/mol. The number of carboxylic acids is 1. The minimum absolute atomic E-state index is 0.169. The first-order chi connectivity index (χ1) is 6.22. The number of aliphatic hydroxyl groups is 1. The summed E-state index contributed by atoms with van der Waals surface area (Å²) < 4.78 is 0. The Labute approximate surface area is 78.9 Å². The SMILES string of the molecule is O=C(O)c1sc(CO)nc1C1CC1. The van der Waals surface area contributed by atoms with E-state index in [2.05, 4.69) is 4.98 Å². The van der Waals surface area contributed by atoms with Gasteiger partial charge in [-0.05, 0) is 12.8 Å². The molecule has 1 aromatic heterocycles. The molecule has 70 valence electrons. The van der Waals surface area contributed by atoms with E-state index in [1.54, 1.807) is 0 Å². The second kappa shape index (κ2) is 3.08. The average Bonchev–Trinajstić information content (AvgIpc) is 2.84. The number of nitrogens with zero attached hydrogens (tertiary/aromatic N) is 1. The average molecular weight is 199 g/mol. The highest BCUT2D eigenvalue weighted by molar-refractivity contribution is 7.13. The molecule has 2 N–H and O–H groups in total. The third-order valence-corrected chi connectivity index (χ3v) is 3.04. The maximum Gasteiger partial charge on any atom is 0.347 e. The van der Waals surface area contributed by atoms with E-state index in [1.165, 1.54) is 0 Å². The lowest BCUT2D eigenvalue weighted by atomic mass is 10.2. The Kier molecular flexibility index (Phi) is 2.05. The smallest absolute Gasteiger partial charge is 0.347 e. The lowest BCUT2D eigenvalue weighted by molar-refractivity contribution is 0.0700. The Morgan fingerprint density at radius 1 is 1.62 bits per heavy atom. The van der Waals surface area contributed by atoms with E-state index in [0.29, 0.717) is 21.5 Å². The molecule has 1 heterocycles. The van der Waals surface area contributed by atoms with Gasteiger partial charge in [-0.3, -0.25) is 0 Å². The van der Waals surface area contributed by atoms with Crippen molar-refractivity contribution in [2.24, 2.45) is 0 Å². The topological polar surface area (TPSA) is 70.4 Å². The summed E-state index contributed by atoms with van der Waals surface area (Å²) in [6.45, 7) is -0.169. The zero-order valence-corrected chi connectivity index (χ0v) is 7.67. The Balaban J connectivity index is 2.39. The first-order valence-corrected chi connectivity index (χ1v) is 4.87. The number of rotatable bonds is 3. The second-order valence-electron chi connectivity index (χ2n) is 3.06. The van der Waals surface area contributed by atoms with Gasteiger partial charge in [0.1, 0.15) is 9.88 Å². The van der Waals surface area contributed by atoms with Crippen molar-refractivity contribution in [3.63, 3.8) is 0 Å². The van der Waals surface area contributed by atoms with E-state index in [0.717, 1.165) is 24.2 Å². The summed E-state index contributed by atoms with van der Waals surface area (Å²) in [6.07, 6.45) is 2.05. The Bertz CT molecular complexity index is 343. The van der Waals surface area contributed by atoms with Gasteiger partial charge in [-0.2, -0.15) is 0 Å². The van der Waals surface area contributed by atoms with Crippen LogP contribution in [0.2, 0.25) is 0 Å². The summed E-state index contributed by atoms with van der Waals surface area (Å²) >= 11 is 1.08. The molecule has 1 saturated carbocycles. The molecule has 1 aliphatic carbocycles. The number of carbonyl (C=O) groups is 1. The predicted molar refractivity (Wildman–Crippen MR) is 47.0 cm³/mol. The van der Waals surface area contributed by atoms with Gasteiger partial charge in [-0.25, -0.2) is 9.78 Å². The number of hydrogen-bond donors (Lipinski definition) is 2. The van der Waals surface area contributed by atoms with Crippen LogP contribution in [0.4, 0.5) is 0 Å². The minimum Gasteiger partial charge on any atom is -0.477 e. The summed E-state index contributed by atoms with van der Waals surface area (Å²) in [5, 5.41) is 18.2. The highest BCUT2D eigenvalue weighted by Crippen LogP contribution is 2.42. The van der Waals surface area contributed by atoms with Crippen molar-refractivity contribution in [3.05, 3.63) is 15.6 Å². The van der Waals surface area contributed by atoms with Crippen LogP contribution in [-0.2, 0) is 6.61 Å². The van der Waals surface area contributed by atoms with Crippen molar-refractivity contribution in [2.45, 2.75) is 25.4 Å². The lowest BCUT2D eigenvalue weighted by Gasteiger charge is -1.91. The van der Waals surface area contributed by atoms with Gasteiger partial charge in [0.15, 0.2) is 0 Å². The van der Waals surface area contributed by atoms with Crippen LogP contribution in [0.5, 0.6) is 0 Å². The number of carboxylic acid groups (broad SMARTS) is 1. The number of aromatic carboxylic acids is 1. The lowest BCUT2D eigenvalue weighted by Crippen LogP contribution is -1.97. The third kappa shape index (κ3) is 1.57. The Hall–Kier alpha value is -0.940. The minimum atomic E-state index is -0.931. The normalized spacial score (nSPS) is 16.1.